The van der Waals surface area contributed by atoms with Crippen molar-refractivity contribution in [2.75, 3.05) is 12.4 Å². The lowest BCUT2D eigenvalue weighted by atomic mass is 10.1. The lowest BCUT2D eigenvalue weighted by Gasteiger charge is -2.15. The number of aromatic nitrogens is 1. The fourth-order valence-corrected chi connectivity index (χ4v) is 2.06. The molecule has 2 rings (SSSR count). The fourth-order valence-electron chi connectivity index (χ4n) is 1.90. The highest BCUT2D eigenvalue weighted by Crippen LogP contribution is 2.24. The minimum Gasteiger partial charge on any atom is -0.373 e. The highest BCUT2D eigenvalue weighted by molar-refractivity contribution is 6.31. The molecular formula is C12H14ClN3O2. The molecule has 0 aliphatic carbocycles. The number of pyridine rings is 1. The van der Waals surface area contributed by atoms with Crippen molar-refractivity contribution in [2.24, 2.45) is 5.92 Å². The van der Waals surface area contributed by atoms with Gasteiger partial charge >= 0.3 is 0 Å². The topological polar surface area (TPSA) is 62.3 Å². The van der Waals surface area contributed by atoms with Crippen molar-refractivity contribution in [2.45, 2.75) is 19.9 Å². The third kappa shape index (κ3) is 2.31. The normalized spacial score (nSPS) is 19.5. The Bertz CT molecular complexity index is 504. The van der Waals surface area contributed by atoms with E-state index >= 15 is 0 Å². The van der Waals surface area contributed by atoms with Crippen LogP contribution in [-0.2, 0) is 16.1 Å². The second kappa shape index (κ2) is 4.94. The van der Waals surface area contributed by atoms with E-state index in [4.69, 9.17) is 11.6 Å². The number of amides is 2. The Hall–Kier alpha value is -1.62. The van der Waals surface area contributed by atoms with Crippen molar-refractivity contribution >= 4 is 29.2 Å². The molecule has 0 radical (unpaired) electrons. The largest absolute Gasteiger partial charge is 0.373 e. The number of hydrogen-bond acceptors (Lipinski definition) is 4. The van der Waals surface area contributed by atoms with Crippen LogP contribution in [0.15, 0.2) is 12.1 Å². The van der Waals surface area contributed by atoms with Gasteiger partial charge in [-0.05, 0) is 12.1 Å². The van der Waals surface area contributed by atoms with E-state index in [1.54, 1.807) is 26.1 Å². The number of rotatable bonds is 3. The Morgan fingerprint density at radius 2 is 2.22 bits per heavy atom. The van der Waals surface area contributed by atoms with Crippen molar-refractivity contribution in [3.05, 3.63) is 22.8 Å². The molecule has 1 unspecified atom stereocenters. The van der Waals surface area contributed by atoms with E-state index in [9.17, 15) is 9.59 Å². The summed E-state index contributed by atoms with van der Waals surface area (Å²) >= 11 is 6.02. The first kappa shape index (κ1) is 12.8. The third-order valence-corrected chi connectivity index (χ3v) is 3.30. The molecule has 1 aromatic rings. The zero-order valence-corrected chi connectivity index (χ0v) is 11.0. The second-order valence-corrected chi connectivity index (χ2v) is 4.71. The zero-order valence-electron chi connectivity index (χ0n) is 10.2. The highest BCUT2D eigenvalue weighted by atomic mass is 35.5. The number of anilines is 1. The molecule has 2 heterocycles. The third-order valence-electron chi connectivity index (χ3n) is 2.95. The van der Waals surface area contributed by atoms with Crippen LogP contribution in [0.1, 0.15) is 19.0 Å². The van der Waals surface area contributed by atoms with Crippen LogP contribution >= 0.6 is 11.6 Å². The summed E-state index contributed by atoms with van der Waals surface area (Å²) in [6, 6.07) is 3.44. The number of carbonyl (C=O) groups excluding carboxylic acids is 2. The summed E-state index contributed by atoms with van der Waals surface area (Å²) in [6.07, 6.45) is 0.266. The molecule has 18 heavy (non-hydrogen) atoms. The molecule has 5 nitrogen and oxygen atoms in total. The summed E-state index contributed by atoms with van der Waals surface area (Å²) in [5, 5.41) is 3.35. The van der Waals surface area contributed by atoms with Gasteiger partial charge in [0.25, 0.3) is 0 Å². The van der Waals surface area contributed by atoms with Crippen molar-refractivity contribution in [3.63, 3.8) is 0 Å². The molecule has 96 valence electrons. The van der Waals surface area contributed by atoms with Crippen molar-refractivity contribution < 1.29 is 9.59 Å². The van der Waals surface area contributed by atoms with Gasteiger partial charge in [0.05, 0.1) is 17.3 Å². The average Bonchev–Trinajstić information content (AvgIpc) is 2.58. The average molecular weight is 268 g/mol. The van der Waals surface area contributed by atoms with E-state index < -0.39 is 0 Å². The second-order valence-electron chi connectivity index (χ2n) is 4.30. The Kier molecular flexibility index (Phi) is 3.52. The maximum atomic E-state index is 11.8. The van der Waals surface area contributed by atoms with Crippen LogP contribution in [0.25, 0.3) is 0 Å². The first-order valence-corrected chi connectivity index (χ1v) is 6.08. The van der Waals surface area contributed by atoms with E-state index in [-0.39, 0.29) is 30.7 Å². The van der Waals surface area contributed by atoms with Gasteiger partial charge in [0, 0.05) is 19.4 Å². The van der Waals surface area contributed by atoms with E-state index in [2.05, 4.69) is 10.3 Å². The minimum atomic E-state index is -0.247. The Labute approximate surface area is 110 Å². The van der Waals surface area contributed by atoms with Gasteiger partial charge < -0.3 is 5.32 Å². The molecule has 0 aromatic carbocycles. The van der Waals surface area contributed by atoms with E-state index in [1.165, 1.54) is 4.90 Å². The van der Waals surface area contributed by atoms with Crippen LogP contribution in [0.5, 0.6) is 0 Å². The lowest BCUT2D eigenvalue weighted by molar-refractivity contribution is -0.139. The van der Waals surface area contributed by atoms with Crippen molar-refractivity contribution in [1.29, 1.82) is 0 Å². The van der Waals surface area contributed by atoms with Crippen LogP contribution < -0.4 is 5.32 Å². The Morgan fingerprint density at radius 3 is 2.78 bits per heavy atom. The summed E-state index contributed by atoms with van der Waals surface area (Å²) < 4.78 is 0. The number of halogens is 1. The molecule has 0 bridgehead atoms. The van der Waals surface area contributed by atoms with Gasteiger partial charge in [0.2, 0.25) is 11.8 Å². The molecule has 1 aromatic heterocycles. The quantitative estimate of drug-likeness (QED) is 0.847. The number of nitrogens with zero attached hydrogens (tertiary/aromatic N) is 2. The summed E-state index contributed by atoms with van der Waals surface area (Å²) in [7, 11) is 1.74. The first-order chi connectivity index (χ1) is 8.52. The van der Waals surface area contributed by atoms with Gasteiger partial charge in [-0.2, -0.15) is 0 Å². The molecular weight excluding hydrogens is 254 g/mol. The van der Waals surface area contributed by atoms with Crippen LogP contribution in [0.3, 0.4) is 0 Å². The summed E-state index contributed by atoms with van der Waals surface area (Å²) in [6.45, 7) is 1.88. The Morgan fingerprint density at radius 1 is 1.50 bits per heavy atom. The number of carbonyl (C=O) groups is 2. The molecule has 1 saturated heterocycles. The summed E-state index contributed by atoms with van der Waals surface area (Å²) in [5.41, 5.74) is 0.527. The van der Waals surface area contributed by atoms with E-state index in [0.717, 1.165) is 0 Å². The van der Waals surface area contributed by atoms with Crippen LogP contribution in [0, 0.1) is 5.92 Å². The minimum absolute atomic E-state index is 0.135. The van der Waals surface area contributed by atoms with Crippen molar-refractivity contribution in [1.82, 2.24) is 9.88 Å². The van der Waals surface area contributed by atoms with Gasteiger partial charge in [-0.1, -0.05) is 18.5 Å². The van der Waals surface area contributed by atoms with Gasteiger partial charge in [0.1, 0.15) is 5.82 Å². The summed E-state index contributed by atoms with van der Waals surface area (Å²) in [4.78, 5) is 29.0. The van der Waals surface area contributed by atoms with Gasteiger partial charge in [-0.3, -0.25) is 14.5 Å². The van der Waals surface area contributed by atoms with Crippen LogP contribution in [-0.4, -0.2) is 28.7 Å². The zero-order chi connectivity index (χ0) is 13.3. The predicted octanol–water partition coefficient (Wildman–Crippen LogP) is 1.67. The molecule has 1 aliphatic heterocycles. The number of hydrogen-bond donors (Lipinski definition) is 1. The SMILES string of the molecule is CNc1ccc(Cl)c(CN2C(=O)CC(C)C2=O)n1. The molecule has 6 heteroatoms. The monoisotopic (exact) mass is 267 g/mol. The molecule has 1 atom stereocenters. The lowest BCUT2D eigenvalue weighted by Crippen LogP contribution is -2.30. The number of likely N-dealkylation sites (tertiary alicyclic amines) is 1. The number of nitrogens with one attached hydrogen (secondary N) is 1. The highest BCUT2D eigenvalue weighted by Gasteiger charge is 2.35. The smallest absolute Gasteiger partial charge is 0.232 e. The van der Waals surface area contributed by atoms with Crippen LogP contribution in [0.4, 0.5) is 5.82 Å². The molecule has 1 N–H and O–H groups in total. The van der Waals surface area contributed by atoms with E-state index in [0.29, 0.717) is 16.5 Å². The maximum absolute atomic E-state index is 11.8. The van der Waals surface area contributed by atoms with Crippen LogP contribution in [0.2, 0.25) is 5.02 Å². The van der Waals surface area contributed by atoms with Gasteiger partial charge in [-0.25, -0.2) is 4.98 Å². The standard InChI is InChI=1S/C12H14ClN3O2/c1-7-5-11(17)16(12(7)18)6-9-8(13)3-4-10(14-2)15-9/h3-4,7H,5-6H2,1-2H3,(H,14,15). The van der Waals surface area contributed by atoms with E-state index in [1.807, 2.05) is 0 Å². The predicted molar refractivity (Wildman–Crippen MR) is 68.1 cm³/mol. The number of imide groups is 1. The molecule has 2 amide bonds. The molecule has 1 fully saturated rings. The molecule has 0 spiro atoms. The Balaban J connectivity index is 2.24. The fraction of sp³-hybridized carbons (Fsp3) is 0.417. The first-order valence-electron chi connectivity index (χ1n) is 5.70. The van der Waals surface area contributed by atoms with Crippen molar-refractivity contribution in [3.8, 4) is 0 Å². The van der Waals surface area contributed by atoms with Gasteiger partial charge in [0.15, 0.2) is 0 Å². The molecule has 1 aliphatic rings. The maximum Gasteiger partial charge on any atom is 0.232 e. The van der Waals surface area contributed by atoms with Gasteiger partial charge in [-0.15, -0.1) is 0 Å². The molecule has 0 saturated carbocycles. The summed E-state index contributed by atoms with van der Waals surface area (Å²) in [5.74, 6) is 0.0817.